The van der Waals surface area contributed by atoms with Crippen molar-refractivity contribution >= 4 is 50.6 Å². The molecule has 12 heteroatoms. The van der Waals surface area contributed by atoms with Gasteiger partial charge < -0.3 is 32.0 Å². The molecule has 9 nitrogen and oxygen atoms in total. The quantitative estimate of drug-likeness (QED) is 0.265. The highest BCUT2D eigenvalue weighted by atomic mass is 127. The van der Waals surface area contributed by atoms with E-state index in [0.29, 0.717) is 0 Å². The Hall–Kier alpha value is -0.400. The average molecular weight is 737 g/mol. The Balaban J connectivity index is 1.28. The number of carboxylic acids is 1. The lowest BCUT2D eigenvalue weighted by molar-refractivity contribution is -0.172. The Labute approximate surface area is 285 Å². The van der Waals surface area contributed by atoms with Gasteiger partial charge in [-0.1, -0.05) is 55.4 Å². The zero-order valence-corrected chi connectivity index (χ0v) is 31.1. The van der Waals surface area contributed by atoms with Gasteiger partial charge in [-0.25, -0.2) is 0 Å². The third kappa shape index (κ3) is 3.24. The third-order valence-electron chi connectivity index (χ3n) is 15.1. The van der Waals surface area contributed by atoms with Crippen LogP contribution in [0.1, 0.15) is 69.2 Å². The van der Waals surface area contributed by atoms with Crippen molar-refractivity contribution in [3.8, 4) is 0 Å². The zero-order chi connectivity index (χ0) is 33.9. The first-order valence-corrected chi connectivity index (χ1v) is 17.4. The molecule has 4 saturated carbocycles. The summed E-state index contributed by atoms with van der Waals surface area (Å²) in [6.45, 7) is 21.4. The molecule has 0 bridgehead atoms. The van der Waals surface area contributed by atoms with Crippen molar-refractivity contribution in [2.24, 2.45) is 57.7 Å². The van der Waals surface area contributed by atoms with Crippen molar-refractivity contribution < 1.29 is 36.7 Å². The molecule has 14 atom stereocenters. The number of hydrogen-bond donors (Lipinski definition) is 1. The summed E-state index contributed by atoms with van der Waals surface area (Å²) in [4.78, 5) is 27.9. The van der Waals surface area contributed by atoms with Crippen LogP contribution in [-0.4, -0.2) is 105 Å². The van der Waals surface area contributed by atoms with Crippen LogP contribution in [0, 0.1) is 57.7 Å². The summed E-state index contributed by atoms with van der Waals surface area (Å²) in [6, 6.07) is 0. The van der Waals surface area contributed by atoms with E-state index >= 15 is 0 Å². The van der Waals surface area contributed by atoms with Crippen molar-refractivity contribution in [2.45, 2.75) is 109 Å². The van der Waals surface area contributed by atoms with E-state index < -0.39 is 57.3 Å². The minimum absolute atomic E-state index is 0.0490. The van der Waals surface area contributed by atoms with Gasteiger partial charge in [-0.15, -0.1) is 0 Å². The molecule has 1 N–H and O–H groups in total. The van der Waals surface area contributed by atoms with E-state index in [1.807, 2.05) is 21.0 Å². The Morgan fingerprint density at radius 1 is 0.800 bits per heavy atom. The van der Waals surface area contributed by atoms with Crippen LogP contribution in [-0.2, 0) is 31.6 Å². The summed E-state index contributed by atoms with van der Waals surface area (Å²) in [5, 5.41) is 10.3. The number of nitrogens with zero attached hydrogens (tertiary/aromatic N) is 1. The molecule has 4 aliphatic carbocycles. The summed E-state index contributed by atoms with van der Waals surface area (Å²) >= 11 is 1.69. The van der Waals surface area contributed by atoms with Crippen LogP contribution in [0.25, 0.3) is 0 Å². The molecule has 45 heavy (non-hydrogen) atoms. The van der Waals surface area contributed by atoms with Gasteiger partial charge in [-0.3, -0.25) is 9.59 Å². The molecule has 2 aliphatic heterocycles. The van der Waals surface area contributed by atoms with E-state index in [0.717, 1.165) is 0 Å². The SMILES string of the molecule is [B][C@]12OCC(OC3(C)C4C(C(=O)O)C(C)(C(C)C)C43N(C)C)[C@@]1([B])OCC2OC1(C)C2C(C(=O)OI)C(C)(C(C)C)C21C(C)C. The van der Waals surface area contributed by atoms with Crippen molar-refractivity contribution in [1.29, 1.82) is 0 Å². The topological polar surface area (TPSA) is 104 Å². The van der Waals surface area contributed by atoms with E-state index in [4.69, 9.17) is 37.7 Å². The highest BCUT2D eigenvalue weighted by Crippen LogP contribution is 2.91. The maximum atomic E-state index is 13.2. The number of carboxylic acid groups (broad SMARTS) is 1. The molecule has 6 fully saturated rings. The first kappa shape index (κ1) is 34.5. The van der Waals surface area contributed by atoms with Crippen LogP contribution < -0.4 is 0 Å². The molecule has 0 aromatic heterocycles. The van der Waals surface area contributed by atoms with Crippen LogP contribution in [0.2, 0.25) is 0 Å². The average Bonchev–Trinajstić information content (AvgIpc) is 3.51. The van der Waals surface area contributed by atoms with Gasteiger partial charge in [0.05, 0.1) is 52.8 Å². The maximum Gasteiger partial charge on any atom is 0.319 e. The third-order valence-corrected chi connectivity index (χ3v) is 15.5. The van der Waals surface area contributed by atoms with Crippen molar-refractivity contribution in [1.82, 2.24) is 4.90 Å². The van der Waals surface area contributed by atoms with Crippen LogP contribution in [0.3, 0.4) is 0 Å². The zero-order valence-electron chi connectivity index (χ0n) is 28.9. The molecule has 4 radical (unpaired) electrons. The monoisotopic (exact) mass is 737 g/mol. The van der Waals surface area contributed by atoms with Crippen LogP contribution in [0.5, 0.6) is 0 Å². The maximum absolute atomic E-state index is 13.2. The minimum Gasteiger partial charge on any atom is -0.481 e. The molecule has 2 saturated heterocycles. The molecule has 248 valence electrons. The predicted molar refractivity (Wildman–Crippen MR) is 177 cm³/mol. The summed E-state index contributed by atoms with van der Waals surface area (Å²) in [5.74, 6) is -1.68. The fraction of sp³-hybridized carbons (Fsp3) is 0.939. The fourth-order valence-corrected chi connectivity index (χ4v) is 13.4. The molecular weight excluding hydrogens is 687 g/mol. The highest BCUT2D eigenvalue weighted by Gasteiger charge is 2.97. The second kappa shape index (κ2) is 9.64. The second-order valence-corrected chi connectivity index (χ2v) is 17.3. The van der Waals surface area contributed by atoms with E-state index in [1.165, 1.54) is 0 Å². The largest absolute Gasteiger partial charge is 0.481 e. The normalized spacial score (nSPS) is 55.7. The molecular formula is C33H50B2INO8. The van der Waals surface area contributed by atoms with Gasteiger partial charge in [-0.2, -0.15) is 0 Å². The van der Waals surface area contributed by atoms with E-state index in [2.05, 4.69) is 67.2 Å². The van der Waals surface area contributed by atoms with Crippen LogP contribution in [0.4, 0.5) is 0 Å². The van der Waals surface area contributed by atoms with Crippen LogP contribution in [0.15, 0.2) is 0 Å². The Morgan fingerprint density at radius 3 is 1.64 bits per heavy atom. The molecule has 0 aromatic rings. The lowest BCUT2D eigenvalue weighted by Gasteiger charge is -2.57. The summed E-state index contributed by atoms with van der Waals surface area (Å²) in [6.07, 6.45) is -1.46. The molecule has 6 rings (SSSR count). The minimum atomic E-state index is -1.53. The van der Waals surface area contributed by atoms with Crippen molar-refractivity contribution in [3.63, 3.8) is 0 Å². The molecule has 0 aromatic carbocycles. The number of rotatable bonds is 10. The number of aliphatic carboxylic acids is 1. The van der Waals surface area contributed by atoms with E-state index in [1.54, 1.807) is 23.0 Å². The lowest BCUT2D eigenvalue weighted by Crippen LogP contribution is -2.66. The van der Waals surface area contributed by atoms with E-state index in [9.17, 15) is 14.7 Å². The Kier molecular flexibility index (Phi) is 7.38. The molecule has 6 aliphatic rings. The molecule has 0 spiro atoms. The number of fused-ring (bicyclic) bond motifs is 3. The highest BCUT2D eigenvalue weighted by molar-refractivity contribution is 14.1. The fourth-order valence-electron chi connectivity index (χ4n) is 13.1. The first-order valence-electron chi connectivity index (χ1n) is 16.5. The molecule has 2 heterocycles. The number of ether oxygens (including phenoxy) is 4. The Bertz CT molecular complexity index is 1320. The number of hydrogen-bond acceptors (Lipinski definition) is 8. The number of carbonyl (C=O) groups is 2. The standard InChI is InChI=1S/C33H50B2INO8/c1-15(2)26(7)21(25(40)45-36)22-28(9,30(22,26)17(5)6)43-18-13-41-33(35)19(14-42-32(18,33)34)44-29(10)23-20(24(38)39)27(8,16(3)4)31(23,29)37(11)12/h15-23H,13-14H2,1-12H3,(H,38,39)/t18?,19?,20?,21?,22?,23?,26?,27?,28?,29?,30?,31?,32-,33-/m1/s1. The number of carbonyl (C=O) groups excluding carboxylic acids is 1. The van der Waals surface area contributed by atoms with Crippen LogP contribution >= 0.6 is 23.0 Å². The van der Waals surface area contributed by atoms with Gasteiger partial charge in [0.1, 0.15) is 27.9 Å². The van der Waals surface area contributed by atoms with Crippen molar-refractivity contribution in [3.05, 3.63) is 0 Å². The summed E-state index contributed by atoms with van der Waals surface area (Å²) < 4.78 is 31.9. The van der Waals surface area contributed by atoms with Gasteiger partial charge in [0.2, 0.25) is 0 Å². The molecule has 0 amide bonds. The number of likely N-dealkylation sites (N-methyl/N-ethyl adjacent to an activating group) is 1. The predicted octanol–water partition coefficient (Wildman–Crippen LogP) is 3.83. The summed E-state index contributed by atoms with van der Waals surface area (Å²) in [7, 11) is 18.1. The second-order valence-electron chi connectivity index (χ2n) is 16.8. The Morgan fingerprint density at radius 2 is 1.27 bits per heavy atom. The first-order chi connectivity index (χ1) is 20.6. The number of halogens is 1. The van der Waals surface area contributed by atoms with Gasteiger partial charge in [0.25, 0.3) is 0 Å². The lowest BCUT2D eigenvalue weighted by atomic mass is 9.46. The van der Waals surface area contributed by atoms with E-state index in [-0.39, 0.29) is 65.5 Å². The van der Waals surface area contributed by atoms with Gasteiger partial charge >= 0.3 is 11.9 Å². The smallest absolute Gasteiger partial charge is 0.319 e. The summed E-state index contributed by atoms with van der Waals surface area (Å²) in [5.41, 5.74) is -6.21. The molecule has 12 unspecified atom stereocenters. The van der Waals surface area contributed by atoms with Gasteiger partial charge in [0, 0.05) is 22.7 Å². The van der Waals surface area contributed by atoms with Crippen molar-refractivity contribution in [2.75, 3.05) is 27.3 Å². The van der Waals surface area contributed by atoms with Gasteiger partial charge in [0.15, 0.2) is 23.0 Å². The van der Waals surface area contributed by atoms with Gasteiger partial charge in [-0.05, 0) is 51.1 Å².